The van der Waals surface area contributed by atoms with Crippen LogP contribution in [0.5, 0.6) is 0 Å². The fraction of sp³-hybridized carbons (Fsp3) is 0.0769. The second-order valence-electron chi connectivity index (χ2n) is 4.22. The van der Waals surface area contributed by atoms with E-state index in [1.54, 1.807) is 6.07 Å². The van der Waals surface area contributed by atoms with E-state index in [1.807, 2.05) is 5.38 Å². The van der Waals surface area contributed by atoms with Gasteiger partial charge in [-0.1, -0.05) is 11.2 Å². The predicted octanol–water partition coefficient (Wildman–Crippen LogP) is 5.32. The molecule has 0 aliphatic rings. The third-order valence-corrected chi connectivity index (χ3v) is 4.40. The molecule has 0 saturated carbocycles. The Balaban J connectivity index is 1.83. The van der Waals surface area contributed by atoms with Gasteiger partial charge in [0.05, 0.1) is 14.9 Å². The van der Waals surface area contributed by atoms with Crippen LogP contribution >= 0.6 is 27.3 Å². The Morgan fingerprint density at radius 3 is 2.68 bits per heavy atom. The SMILES string of the molecule is FC(F)(F)c1cccc(Nc2nnc(-c3ccsc3Br)o2)c1. The van der Waals surface area contributed by atoms with Crippen LogP contribution in [-0.2, 0) is 6.18 Å². The molecule has 0 unspecified atom stereocenters. The van der Waals surface area contributed by atoms with Crippen molar-refractivity contribution in [1.82, 2.24) is 10.2 Å². The highest BCUT2D eigenvalue weighted by molar-refractivity contribution is 9.11. The Morgan fingerprint density at radius 2 is 2.00 bits per heavy atom. The molecule has 0 fully saturated rings. The highest BCUT2D eigenvalue weighted by Crippen LogP contribution is 2.34. The molecule has 0 saturated heterocycles. The lowest BCUT2D eigenvalue weighted by molar-refractivity contribution is -0.137. The Bertz CT molecular complexity index is 800. The molecule has 3 rings (SSSR count). The van der Waals surface area contributed by atoms with E-state index in [0.29, 0.717) is 0 Å². The number of rotatable bonds is 3. The van der Waals surface area contributed by atoms with Crippen LogP contribution < -0.4 is 5.32 Å². The maximum Gasteiger partial charge on any atom is 0.416 e. The molecule has 22 heavy (non-hydrogen) atoms. The van der Waals surface area contributed by atoms with E-state index >= 15 is 0 Å². The highest BCUT2D eigenvalue weighted by Gasteiger charge is 2.30. The summed E-state index contributed by atoms with van der Waals surface area (Å²) in [5, 5.41) is 12.2. The Morgan fingerprint density at radius 1 is 1.18 bits per heavy atom. The zero-order valence-electron chi connectivity index (χ0n) is 10.7. The molecule has 0 bridgehead atoms. The van der Waals surface area contributed by atoms with Crippen LogP contribution in [0.3, 0.4) is 0 Å². The van der Waals surface area contributed by atoms with Gasteiger partial charge >= 0.3 is 12.2 Å². The summed E-state index contributed by atoms with van der Waals surface area (Å²) >= 11 is 4.82. The minimum atomic E-state index is -4.40. The number of benzene rings is 1. The van der Waals surface area contributed by atoms with Gasteiger partial charge in [-0.05, 0) is 45.6 Å². The normalized spacial score (nSPS) is 11.6. The van der Waals surface area contributed by atoms with Crippen molar-refractivity contribution >= 4 is 39.0 Å². The number of hydrogen-bond acceptors (Lipinski definition) is 5. The maximum atomic E-state index is 12.7. The molecule has 0 radical (unpaired) electrons. The average molecular weight is 390 g/mol. The molecule has 2 aromatic heterocycles. The van der Waals surface area contributed by atoms with Crippen molar-refractivity contribution < 1.29 is 17.6 Å². The van der Waals surface area contributed by atoms with Crippen LogP contribution in [0, 0.1) is 0 Å². The summed E-state index contributed by atoms with van der Waals surface area (Å²) < 4.78 is 44.2. The van der Waals surface area contributed by atoms with E-state index in [4.69, 9.17) is 4.42 Å². The van der Waals surface area contributed by atoms with Crippen molar-refractivity contribution in [3.63, 3.8) is 0 Å². The lowest BCUT2D eigenvalue weighted by atomic mass is 10.2. The third-order valence-electron chi connectivity index (χ3n) is 2.71. The molecule has 3 aromatic rings. The Hall–Kier alpha value is -1.87. The zero-order valence-corrected chi connectivity index (χ0v) is 13.1. The number of thiophene rings is 1. The van der Waals surface area contributed by atoms with Gasteiger partial charge in [-0.25, -0.2) is 0 Å². The lowest BCUT2D eigenvalue weighted by Crippen LogP contribution is -2.05. The van der Waals surface area contributed by atoms with Crippen molar-refractivity contribution in [2.45, 2.75) is 6.18 Å². The predicted molar refractivity (Wildman–Crippen MR) is 80.0 cm³/mol. The monoisotopic (exact) mass is 389 g/mol. The molecule has 0 spiro atoms. The average Bonchev–Trinajstić information content (AvgIpc) is 3.07. The molecular formula is C13H7BrF3N3OS. The molecule has 0 aliphatic carbocycles. The summed E-state index contributed by atoms with van der Waals surface area (Å²) in [7, 11) is 0. The lowest BCUT2D eigenvalue weighted by Gasteiger charge is -2.08. The smallest absolute Gasteiger partial charge is 0.403 e. The van der Waals surface area contributed by atoms with Gasteiger partial charge in [0.15, 0.2) is 0 Å². The topological polar surface area (TPSA) is 51.0 Å². The van der Waals surface area contributed by atoms with Crippen LogP contribution in [0.4, 0.5) is 24.9 Å². The number of aromatic nitrogens is 2. The molecule has 0 atom stereocenters. The Kier molecular flexibility index (Phi) is 3.92. The molecule has 1 N–H and O–H groups in total. The quantitative estimate of drug-likeness (QED) is 0.658. The van der Waals surface area contributed by atoms with Gasteiger partial charge in [-0.2, -0.15) is 13.2 Å². The van der Waals surface area contributed by atoms with Crippen LogP contribution in [-0.4, -0.2) is 10.2 Å². The molecule has 9 heteroatoms. The van der Waals surface area contributed by atoms with Gasteiger partial charge in [-0.15, -0.1) is 16.4 Å². The van der Waals surface area contributed by atoms with Gasteiger partial charge in [0.2, 0.25) is 0 Å². The van der Waals surface area contributed by atoms with E-state index < -0.39 is 11.7 Å². The van der Waals surface area contributed by atoms with Crippen LogP contribution in [0.2, 0.25) is 0 Å². The first-order valence-corrected chi connectivity index (χ1v) is 7.62. The molecule has 114 valence electrons. The summed E-state index contributed by atoms with van der Waals surface area (Å²) in [6, 6.07) is 6.58. The third kappa shape index (κ3) is 3.14. The molecule has 0 aliphatic heterocycles. The molecule has 4 nitrogen and oxygen atoms in total. The molecular weight excluding hydrogens is 383 g/mol. The van der Waals surface area contributed by atoms with Crippen molar-refractivity contribution in [2.75, 3.05) is 5.32 Å². The first kappa shape index (κ1) is 15.0. The van der Waals surface area contributed by atoms with Crippen LogP contribution in [0.1, 0.15) is 5.56 Å². The van der Waals surface area contributed by atoms with Gasteiger partial charge in [-0.3, -0.25) is 0 Å². The number of nitrogens with one attached hydrogen (secondary N) is 1. The van der Waals surface area contributed by atoms with Crippen molar-refractivity contribution in [2.24, 2.45) is 0 Å². The molecule has 0 amide bonds. The summed E-state index contributed by atoms with van der Waals surface area (Å²) in [6.07, 6.45) is -4.40. The van der Waals surface area contributed by atoms with Crippen molar-refractivity contribution in [1.29, 1.82) is 0 Å². The van der Waals surface area contributed by atoms with Crippen LogP contribution in [0.25, 0.3) is 11.5 Å². The number of anilines is 2. The Labute approximate surface area is 135 Å². The number of nitrogens with zero attached hydrogens (tertiary/aromatic N) is 2. The van der Waals surface area contributed by atoms with Crippen molar-refractivity contribution in [3.8, 4) is 11.5 Å². The maximum absolute atomic E-state index is 12.7. The van der Waals surface area contributed by atoms with Crippen LogP contribution in [0.15, 0.2) is 43.9 Å². The summed E-state index contributed by atoms with van der Waals surface area (Å²) in [5.41, 5.74) is 0.196. The van der Waals surface area contributed by atoms with Crippen molar-refractivity contribution in [3.05, 3.63) is 45.1 Å². The van der Waals surface area contributed by atoms with E-state index in [0.717, 1.165) is 21.5 Å². The van der Waals surface area contributed by atoms with Gasteiger partial charge < -0.3 is 9.73 Å². The minimum absolute atomic E-state index is 0.0208. The zero-order chi connectivity index (χ0) is 15.7. The van der Waals surface area contributed by atoms with Gasteiger partial charge in [0.25, 0.3) is 5.89 Å². The summed E-state index contributed by atoms with van der Waals surface area (Å²) in [5.74, 6) is 0.280. The van der Waals surface area contributed by atoms with E-state index in [-0.39, 0.29) is 17.6 Å². The van der Waals surface area contributed by atoms with E-state index in [9.17, 15) is 13.2 Å². The molecule has 1 aromatic carbocycles. The highest BCUT2D eigenvalue weighted by atomic mass is 79.9. The van der Waals surface area contributed by atoms with Gasteiger partial charge in [0, 0.05) is 5.69 Å². The second-order valence-corrected chi connectivity index (χ2v) is 6.46. The molecule has 2 heterocycles. The second kappa shape index (κ2) is 5.73. The number of alkyl halides is 3. The minimum Gasteiger partial charge on any atom is -0.403 e. The summed E-state index contributed by atoms with van der Waals surface area (Å²) in [4.78, 5) is 0. The first-order valence-electron chi connectivity index (χ1n) is 5.94. The number of halogens is 4. The summed E-state index contributed by atoms with van der Waals surface area (Å²) in [6.45, 7) is 0. The fourth-order valence-electron chi connectivity index (χ4n) is 1.73. The van der Waals surface area contributed by atoms with E-state index in [1.165, 1.54) is 23.5 Å². The van der Waals surface area contributed by atoms with Gasteiger partial charge in [0.1, 0.15) is 0 Å². The van der Waals surface area contributed by atoms with E-state index in [2.05, 4.69) is 31.4 Å². The number of hydrogen-bond donors (Lipinski definition) is 1. The largest absolute Gasteiger partial charge is 0.416 e. The standard InChI is InChI=1S/C13H7BrF3N3OS/c14-10-9(4-5-22-10)11-19-20-12(21-11)18-8-3-1-2-7(6-8)13(15,16)17/h1-6H,(H,18,20). The first-order chi connectivity index (χ1) is 10.4. The fourth-order valence-corrected chi connectivity index (χ4v) is 2.96.